The standard InChI is InChI=1S/C16H16O3/c1-11(12-3-7-14(17)8-4-12)16(18)13-5-9-15(19-2)10-6-13/h3-11,17H,1-2H3. The Hall–Kier alpha value is -2.29. The second-order valence-corrected chi connectivity index (χ2v) is 4.41. The van der Waals surface area contributed by atoms with Gasteiger partial charge in [0.05, 0.1) is 7.11 Å². The van der Waals surface area contributed by atoms with Gasteiger partial charge in [-0.2, -0.15) is 0 Å². The second-order valence-electron chi connectivity index (χ2n) is 4.41. The number of phenolic OH excluding ortho intramolecular Hbond substituents is 1. The van der Waals surface area contributed by atoms with Gasteiger partial charge in [-0.05, 0) is 42.0 Å². The van der Waals surface area contributed by atoms with Crippen LogP contribution in [0.1, 0.15) is 28.8 Å². The topological polar surface area (TPSA) is 46.5 Å². The van der Waals surface area contributed by atoms with Gasteiger partial charge in [0, 0.05) is 11.5 Å². The predicted octanol–water partition coefficient (Wildman–Crippen LogP) is 3.39. The molecule has 19 heavy (non-hydrogen) atoms. The lowest BCUT2D eigenvalue weighted by Gasteiger charge is -2.11. The number of rotatable bonds is 4. The van der Waals surface area contributed by atoms with Crippen LogP contribution in [0.2, 0.25) is 0 Å². The van der Waals surface area contributed by atoms with Crippen molar-refractivity contribution in [2.24, 2.45) is 0 Å². The van der Waals surface area contributed by atoms with Gasteiger partial charge in [0.15, 0.2) is 5.78 Å². The van der Waals surface area contributed by atoms with Crippen LogP contribution >= 0.6 is 0 Å². The predicted molar refractivity (Wildman–Crippen MR) is 73.8 cm³/mol. The quantitative estimate of drug-likeness (QED) is 0.853. The normalized spacial score (nSPS) is 11.9. The number of methoxy groups -OCH3 is 1. The van der Waals surface area contributed by atoms with E-state index < -0.39 is 0 Å². The van der Waals surface area contributed by atoms with Gasteiger partial charge in [-0.3, -0.25) is 4.79 Å². The lowest BCUT2D eigenvalue weighted by molar-refractivity contribution is 0.0966. The summed E-state index contributed by atoms with van der Waals surface area (Å²) in [5.74, 6) is 0.740. The van der Waals surface area contributed by atoms with E-state index in [9.17, 15) is 9.90 Å². The van der Waals surface area contributed by atoms with Crippen molar-refractivity contribution in [3.63, 3.8) is 0 Å². The summed E-state index contributed by atoms with van der Waals surface area (Å²) in [5.41, 5.74) is 1.54. The van der Waals surface area contributed by atoms with Gasteiger partial charge in [0.1, 0.15) is 11.5 Å². The molecular weight excluding hydrogens is 240 g/mol. The summed E-state index contributed by atoms with van der Waals surface area (Å²) in [5, 5.41) is 9.25. The molecule has 3 heteroatoms. The van der Waals surface area contributed by atoms with E-state index in [2.05, 4.69) is 0 Å². The number of carbonyl (C=O) groups is 1. The summed E-state index contributed by atoms with van der Waals surface area (Å²) in [6.07, 6.45) is 0. The van der Waals surface area contributed by atoms with E-state index in [0.717, 1.165) is 11.3 Å². The third-order valence-corrected chi connectivity index (χ3v) is 3.16. The molecule has 0 bridgehead atoms. The molecule has 1 N–H and O–H groups in total. The van der Waals surface area contributed by atoms with Crippen molar-refractivity contribution in [3.8, 4) is 11.5 Å². The zero-order valence-corrected chi connectivity index (χ0v) is 11.0. The number of ketones is 1. The van der Waals surface area contributed by atoms with Crippen molar-refractivity contribution in [1.29, 1.82) is 0 Å². The Morgan fingerprint density at radius 3 is 2.16 bits per heavy atom. The van der Waals surface area contributed by atoms with Crippen LogP contribution in [-0.2, 0) is 0 Å². The highest BCUT2D eigenvalue weighted by molar-refractivity contribution is 6.00. The molecule has 0 fully saturated rings. The average molecular weight is 256 g/mol. The van der Waals surface area contributed by atoms with Crippen LogP contribution in [0, 0.1) is 0 Å². The van der Waals surface area contributed by atoms with E-state index in [1.807, 2.05) is 6.92 Å². The van der Waals surface area contributed by atoms with E-state index in [1.165, 1.54) is 0 Å². The number of phenols is 1. The number of Topliss-reactive ketones (excluding diaryl/α,β-unsaturated/α-hetero) is 1. The minimum Gasteiger partial charge on any atom is -0.508 e. The van der Waals surface area contributed by atoms with Gasteiger partial charge in [-0.15, -0.1) is 0 Å². The molecule has 98 valence electrons. The minimum atomic E-state index is -0.242. The van der Waals surface area contributed by atoms with Crippen molar-refractivity contribution >= 4 is 5.78 Å². The van der Waals surface area contributed by atoms with Crippen molar-refractivity contribution in [3.05, 3.63) is 59.7 Å². The van der Waals surface area contributed by atoms with Crippen LogP contribution < -0.4 is 4.74 Å². The number of carbonyl (C=O) groups excluding carboxylic acids is 1. The summed E-state index contributed by atoms with van der Waals surface area (Å²) in [7, 11) is 1.59. The Morgan fingerprint density at radius 2 is 1.63 bits per heavy atom. The Kier molecular flexibility index (Phi) is 3.85. The SMILES string of the molecule is COc1ccc(C(=O)C(C)c2ccc(O)cc2)cc1. The van der Waals surface area contributed by atoms with Crippen LogP contribution in [0.15, 0.2) is 48.5 Å². The highest BCUT2D eigenvalue weighted by atomic mass is 16.5. The molecule has 2 aromatic carbocycles. The smallest absolute Gasteiger partial charge is 0.170 e. The first-order chi connectivity index (χ1) is 9.11. The third kappa shape index (κ3) is 2.94. The summed E-state index contributed by atoms with van der Waals surface area (Å²) in [4.78, 5) is 12.3. The van der Waals surface area contributed by atoms with Crippen LogP contribution in [0.25, 0.3) is 0 Å². The molecule has 0 amide bonds. The molecular formula is C16H16O3. The molecule has 0 aliphatic rings. The highest BCUT2D eigenvalue weighted by Crippen LogP contribution is 2.23. The fourth-order valence-electron chi connectivity index (χ4n) is 1.92. The van der Waals surface area contributed by atoms with Gasteiger partial charge < -0.3 is 9.84 Å². The maximum absolute atomic E-state index is 12.3. The summed E-state index contributed by atoms with van der Waals surface area (Å²) in [6.45, 7) is 1.86. The van der Waals surface area contributed by atoms with Crippen molar-refractivity contribution in [1.82, 2.24) is 0 Å². The molecule has 3 nitrogen and oxygen atoms in total. The van der Waals surface area contributed by atoms with Gasteiger partial charge in [-0.25, -0.2) is 0 Å². The fraction of sp³-hybridized carbons (Fsp3) is 0.188. The monoisotopic (exact) mass is 256 g/mol. The van der Waals surface area contributed by atoms with E-state index in [-0.39, 0.29) is 17.5 Å². The maximum atomic E-state index is 12.3. The van der Waals surface area contributed by atoms with Crippen LogP contribution in [-0.4, -0.2) is 18.0 Å². The number of hydrogen-bond acceptors (Lipinski definition) is 3. The van der Waals surface area contributed by atoms with Crippen LogP contribution in [0.3, 0.4) is 0 Å². The molecule has 0 saturated heterocycles. The molecule has 2 rings (SSSR count). The number of ether oxygens (including phenoxy) is 1. The van der Waals surface area contributed by atoms with Crippen molar-refractivity contribution in [2.45, 2.75) is 12.8 Å². The molecule has 0 aliphatic heterocycles. The molecule has 0 spiro atoms. The van der Waals surface area contributed by atoms with E-state index in [1.54, 1.807) is 55.6 Å². The largest absolute Gasteiger partial charge is 0.508 e. The number of hydrogen-bond donors (Lipinski definition) is 1. The first kappa shape index (κ1) is 13.1. The lowest BCUT2D eigenvalue weighted by Crippen LogP contribution is -2.09. The minimum absolute atomic E-state index is 0.0494. The summed E-state index contributed by atoms with van der Waals surface area (Å²) < 4.78 is 5.07. The van der Waals surface area contributed by atoms with Gasteiger partial charge in [0.2, 0.25) is 0 Å². The lowest BCUT2D eigenvalue weighted by atomic mass is 9.92. The highest BCUT2D eigenvalue weighted by Gasteiger charge is 2.17. The molecule has 0 saturated carbocycles. The van der Waals surface area contributed by atoms with Gasteiger partial charge in [0.25, 0.3) is 0 Å². The van der Waals surface area contributed by atoms with Crippen molar-refractivity contribution < 1.29 is 14.6 Å². The van der Waals surface area contributed by atoms with Crippen LogP contribution in [0.4, 0.5) is 0 Å². The Balaban J connectivity index is 2.20. The average Bonchev–Trinajstić information content (AvgIpc) is 2.46. The van der Waals surface area contributed by atoms with Gasteiger partial charge in [-0.1, -0.05) is 19.1 Å². The molecule has 0 heterocycles. The molecule has 1 unspecified atom stereocenters. The fourth-order valence-corrected chi connectivity index (χ4v) is 1.92. The first-order valence-electron chi connectivity index (χ1n) is 6.09. The van der Waals surface area contributed by atoms with Crippen molar-refractivity contribution in [2.75, 3.05) is 7.11 Å². The number of aromatic hydroxyl groups is 1. The Morgan fingerprint density at radius 1 is 1.05 bits per heavy atom. The molecule has 1 atom stereocenters. The zero-order chi connectivity index (χ0) is 13.8. The molecule has 0 radical (unpaired) electrons. The number of benzene rings is 2. The Bertz CT molecular complexity index is 556. The van der Waals surface area contributed by atoms with Crippen LogP contribution in [0.5, 0.6) is 11.5 Å². The first-order valence-corrected chi connectivity index (χ1v) is 6.09. The van der Waals surface area contributed by atoms with E-state index in [0.29, 0.717) is 5.56 Å². The summed E-state index contributed by atoms with van der Waals surface area (Å²) >= 11 is 0. The zero-order valence-electron chi connectivity index (χ0n) is 11.0. The van der Waals surface area contributed by atoms with E-state index in [4.69, 9.17) is 4.74 Å². The van der Waals surface area contributed by atoms with E-state index >= 15 is 0 Å². The summed E-state index contributed by atoms with van der Waals surface area (Å²) in [6, 6.07) is 13.8. The van der Waals surface area contributed by atoms with Gasteiger partial charge >= 0.3 is 0 Å². The molecule has 2 aromatic rings. The third-order valence-electron chi connectivity index (χ3n) is 3.16. The molecule has 0 aromatic heterocycles. The Labute approximate surface area is 112 Å². The molecule has 0 aliphatic carbocycles. The maximum Gasteiger partial charge on any atom is 0.170 e. The second kappa shape index (κ2) is 5.57.